The van der Waals surface area contributed by atoms with E-state index in [2.05, 4.69) is 11.4 Å². The third-order valence-electron chi connectivity index (χ3n) is 5.85. The second kappa shape index (κ2) is 12.4. The van der Waals surface area contributed by atoms with E-state index < -0.39 is 24.0 Å². The van der Waals surface area contributed by atoms with Gasteiger partial charge in [0.15, 0.2) is 12.2 Å². The third-order valence-corrected chi connectivity index (χ3v) is 5.85. The molecule has 0 spiro atoms. The van der Waals surface area contributed by atoms with Gasteiger partial charge in [-0.3, -0.25) is 9.59 Å². The number of hydrogen-bond donors (Lipinski definition) is 3. The molecule has 2 fully saturated rings. The Morgan fingerprint density at radius 3 is 2.41 bits per heavy atom. The second-order valence-electron chi connectivity index (χ2n) is 7.85. The Bertz CT molecular complexity index is 805. The normalized spacial score (nSPS) is 20.7. The molecule has 2 amide bonds. The SMILES string of the molecule is CC.N#CC1=C(N2CCC(CNC(=O)C(O)C(O)C(=O)N3CCC3)CC2)C=CC(F)=CC1. The number of aliphatic hydroxyl groups is 2. The molecule has 2 unspecified atom stereocenters. The first-order valence-electron chi connectivity index (χ1n) is 11.2. The number of carbonyl (C=O) groups excluding carboxylic acids is 2. The van der Waals surface area contributed by atoms with Gasteiger partial charge in [-0.05, 0) is 43.4 Å². The summed E-state index contributed by atoms with van der Waals surface area (Å²) < 4.78 is 13.5. The molecule has 176 valence electrons. The van der Waals surface area contributed by atoms with Crippen LogP contribution < -0.4 is 5.32 Å². The van der Waals surface area contributed by atoms with Gasteiger partial charge in [-0.2, -0.15) is 5.26 Å². The van der Waals surface area contributed by atoms with Crippen molar-refractivity contribution in [1.29, 1.82) is 5.26 Å². The van der Waals surface area contributed by atoms with E-state index in [9.17, 15) is 29.5 Å². The van der Waals surface area contributed by atoms with Crippen molar-refractivity contribution in [2.24, 2.45) is 5.92 Å². The molecule has 3 N–H and O–H groups in total. The van der Waals surface area contributed by atoms with Crippen molar-refractivity contribution in [3.8, 4) is 6.07 Å². The predicted molar refractivity (Wildman–Crippen MR) is 117 cm³/mol. The van der Waals surface area contributed by atoms with Crippen LogP contribution in [0.25, 0.3) is 0 Å². The Morgan fingerprint density at radius 2 is 1.84 bits per heavy atom. The maximum Gasteiger partial charge on any atom is 0.254 e. The molecule has 1 aliphatic carbocycles. The number of aliphatic hydroxyl groups excluding tert-OH is 2. The van der Waals surface area contributed by atoms with Gasteiger partial charge in [0.1, 0.15) is 5.83 Å². The monoisotopic (exact) mass is 448 g/mol. The van der Waals surface area contributed by atoms with Crippen molar-refractivity contribution in [1.82, 2.24) is 15.1 Å². The van der Waals surface area contributed by atoms with Crippen LogP contribution in [-0.2, 0) is 9.59 Å². The molecular weight excluding hydrogens is 415 g/mol. The largest absolute Gasteiger partial charge is 0.380 e. The Hall–Kier alpha value is -2.70. The van der Waals surface area contributed by atoms with E-state index in [1.54, 1.807) is 6.08 Å². The van der Waals surface area contributed by atoms with Gasteiger partial charge in [-0.15, -0.1) is 0 Å². The smallest absolute Gasteiger partial charge is 0.254 e. The summed E-state index contributed by atoms with van der Waals surface area (Å²) in [5, 5.41) is 31.9. The van der Waals surface area contributed by atoms with Crippen LogP contribution in [0.3, 0.4) is 0 Å². The van der Waals surface area contributed by atoms with Gasteiger partial charge in [-0.1, -0.05) is 13.8 Å². The number of nitrogens with one attached hydrogen (secondary N) is 1. The second-order valence-corrected chi connectivity index (χ2v) is 7.85. The van der Waals surface area contributed by atoms with Crippen molar-refractivity contribution in [3.05, 3.63) is 35.3 Å². The molecule has 0 aromatic carbocycles. The zero-order valence-electron chi connectivity index (χ0n) is 18.8. The molecule has 2 saturated heterocycles. The summed E-state index contributed by atoms with van der Waals surface area (Å²) in [4.78, 5) is 27.5. The van der Waals surface area contributed by atoms with E-state index in [-0.39, 0.29) is 18.2 Å². The van der Waals surface area contributed by atoms with Crippen LogP contribution in [0.2, 0.25) is 0 Å². The number of nitrogens with zero attached hydrogens (tertiary/aromatic N) is 3. The minimum Gasteiger partial charge on any atom is -0.380 e. The lowest BCUT2D eigenvalue weighted by Gasteiger charge is -2.35. The molecule has 2 aliphatic heterocycles. The first-order valence-corrected chi connectivity index (χ1v) is 11.2. The van der Waals surface area contributed by atoms with Crippen molar-refractivity contribution < 1.29 is 24.2 Å². The number of hydrogen-bond acceptors (Lipinski definition) is 6. The topological polar surface area (TPSA) is 117 Å². The molecule has 0 aromatic rings. The third kappa shape index (κ3) is 6.40. The summed E-state index contributed by atoms with van der Waals surface area (Å²) >= 11 is 0. The van der Waals surface area contributed by atoms with E-state index >= 15 is 0 Å². The molecule has 8 nitrogen and oxygen atoms in total. The highest BCUT2D eigenvalue weighted by Gasteiger charge is 2.35. The van der Waals surface area contributed by atoms with Crippen LogP contribution in [0.5, 0.6) is 0 Å². The molecule has 3 aliphatic rings. The summed E-state index contributed by atoms with van der Waals surface area (Å²) in [6.45, 7) is 6.71. The number of piperidine rings is 1. The minimum atomic E-state index is -1.79. The first-order chi connectivity index (χ1) is 15.4. The summed E-state index contributed by atoms with van der Waals surface area (Å²) in [5.74, 6) is -1.58. The average Bonchev–Trinajstić information content (AvgIpc) is 2.98. The summed E-state index contributed by atoms with van der Waals surface area (Å²) in [5.41, 5.74) is 1.25. The first kappa shape index (κ1) is 25.6. The summed E-state index contributed by atoms with van der Waals surface area (Å²) in [7, 11) is 0. The Morgan fingerprint density at radius 1 is 1.19 bits per heavy atom. The molecule has 2 atom stereocenters. The van der Waals surface area contributed by atoms with E-state index in [1.165, 1.54) is 17.1 Å². The zero-order chi connectivity index (χ0) is 23.7. The molecule has 0 aromatic heterocycles. The van der Waals surface area contributed by atoms with E-state index in [4.69, 9.17) is 0 Å². The van der Waals surface area contributed by atoms with Crippen molar-refractivity contribution in [2.45, 2.75) is 51.7 Å². The Balaban J connectivity index is 0.00000176. The van der Waals surface area contributed by atoms with Crippen molar-refractivity contribution >= 4 is 11.8 Å². The number of likely N-dealkylation sites (tertiary alicyclic amines) is 2. The van der Waals surface area contributed by atoms with Crippen molar-refractivity contribution in [3.63, 3.8) is 0 Å². The lowest BCUT2D eigenvalue weighted by Crippen LogP contribution is -2.54. The lowest BCUT2D eigenvalue weighted by atomic mass is 9.95. The fourth-order valence-corrected chi connectivity index (χ4v) is 3.76. The molecule has 0 saturated carbocycles. The zero-order valence-corrected chi connectivity index (χ0v) is 18.8. The van der Waals surface area contributed by atoms with Crippen LogP contribution in [0.4, 0.5) is 4.39 Å². The van der Waals surface area contributed by atoms with Crippen LogP contribution in [0, 0.1) is 17.2 Å². The van der Waals surface area contributed by atoms with Gasteiger partial charge in [0.2, 0.25) is 0 Å². The predicted octanol–water partition coefficient (Wildman–Crippen LogP) is 1.39. The standard InChI is InChI=1S/C21H27FN4O4.C2H6/c22-16-3-2-15(12-23)17(5-4-16)25-10-6-14(7-11-25)13-24-20(29)18(27)19(28)21(30)26-8-1-9-26;1-2/h3-5,14,18-19,27-28H,1-2,6-11,13H2,(H,24,29);1-2H3. The summed E-state index contributed by atoms with van der Waals surface area (Å²) in [6, 6.07) is 2.15. The Kier molecular flexibility index (Phi) is 9.88. The molecule has 0 radical (unpaired) electrons. The van der Waals surface area contributed by atoms with Gasteiger partial charge < -0.3 is 25.3 Å². The quantitative estimate of drug-likeness (QED) is 0.565. The number of nitriles is 1. The maximum atomic E-state index is 13.5. The number of rotatable bonds is 6. The number of amides is 2. The highest BCUT2D eigenvalue weighted by Crippen LogP contribution is 2.26. The van der Waals surface area contributed by atoms with E-state index in [1.807, 2.05) is 18.7 Å². The van der Waals surface area contributed by atoms with Gasteiger partial charge in [0.05, 0.1) is 17.3 Å². The van der Waals surface area contributed by atoms with Crippen LogP contribution >= 0.6 is 0 Å². The van der Waals surface area contributed by atoms with Crippen LogP contribution in [-0.4, -0.2) is 76.8 Å². The van der Waals surface area contributed by atoms with Crippen molar-refractivity contribution in [2.75, 3.05) is 32.7 Å². The lowest BCUT2D eigenvalue weighted by molar-refractivity contribution is -0.155. The minimum absolute atomic E-state index is 0.163. The highest BCUT2D eigenvalue weighted by molar-refractivity contribution is 5.90. The van der Waals surface area contributed by atoms with Crippen LogP contribution in [0.15, 0.2) is 35.3 Å². The van der Waals surface area contributed by atoms with Gasteiger partial charge in [0, 0.05) is 39.1 Å². The maximum absolute atomic E-state index is 13.5. The molecular formula is C23H33FN4O4. The molecule has 32 heavy (non-hydrogen) atoms. The fraction of sp³-hybridized carbons (Fsp3) is 0.609. The summed E-state index contributed by atoms with van der Waals surface area (Å²) in [6.07, 6.45) is 3.45. The number of carbonyl (C=O) groups is 2. The number of allylic oxidation sites excluding steroid dienone is 5. The van der Waals surface area contributed by atoms with Crippen LogP contribution in [0.1, 0.15) is 39.5 Å². The van der Waals surface area contributed by atoms with Gasteiger partial charge in [-0.25, -0.2) is 4.39 Å². The molecule has 3 rings (SSSR count). The molecule has 0 bridgehead atoms. The number of halogens is 1. The molecule has 2 heterocycles. The Labute approximate surface area is 188 Å². The fourth-order valence-electron chi connectivity index (χ4n) is 3.76. The van der Waals surface area contributed by atoms with Gasteiger partial charge >= 0.3 is 0 Å². The van der Waals surface area contributed by atoms with E-state index in [0.717, 1.165) is 25.0 Å². The average molecular weight is 449 g/mol. The van der Waals surface area contributed by atoms with E-state index in [0.29, 0.717) is 38.3 Å². The molecule has 9 heteroatoms. The highest BCUT2D eigenvalue weighted by atomic mass is 19.1. The van der Waals surface area contributed by atoms with Gasteiger partial charge in [0.25, 0.3) is 11.8 Å².